The monoisotopic (exact) mass is 646 g/mol. The standard InChI is InChI=1S/C32H37Cl3N4O4/c1-31(2,3)27(39(30(41)43-32(4,5)6)17-18-11-14-24(40)37-18)22-12-13-23(38-29(22)42-7)21-10-8-9-19(25(21)33)20-15-16-36-28(35)26(20)34/h8-10,12-13,15-16,18,27H,11,14,17H2,1-7H3,(H,37,40)/t18-,27+/m0/s1. The van der Waals surface area contributed by atoms with E-state index in [2.05, 4.69) is 10.3 Å². The first-order chi connectivity index (χ1) is 20.1. The largest absolute Gasteiger partial charge is 0.481 e. The second kappa shape index (κ2) is 12.9. The van der Waals surface area contributed by atoms with Crippen LogP contribution in [0, 0.1) is 5.41 Å². The van der Waals surface area contributed by atoms with Crippen LogP contribution >= 0.6 is 34.8 Å². The Labute approximate surface area is 268 Å². The Morgan fingerprint density at radius 2 is 1.70 bits per heavy atom. The Bertz CT molecular complexity index is 1520. The van der Waals surface area contributed by atoms with Crippen LogP contribution in [0.5, 0.6) is 5.88 Å². The zero-order valence-electron chi connectivity index (χ0n) is 25.4. The van der Waals surface area contributed by atoms with Crippen molar-refractivity contribution in [2.24, 2.45) is 5.41 Å². The van der Waals surface area contributed by atoms with Crippen LogP contribution in [0.3, 0.4) is 0 Å². The van der Waals surface area contributed by atoms with E-state index in [-0.39, 0.29) is 23.6 Å². The Hall–Kier alpha value is -3.07. The number of hydrogen-bond donors (Lipinski definition) is 1. The number of methoxy groups -OCH3 is 1. The highest BCUT2D eigenvalue weighted by atomic mass is 35.5. The summed E-state index contributed by atoms with van der Waals surface area (Å²) in [6.45, 7) is 11.9. The third-order valence-corrected chi connectivity index (χ3v) is 8.22. The van der Waals surface area contributed by atoms with Gasteiger partial charge in [-0.3, -0.25) is 9.69 Å². The normalized spacial score (nSPS) is 16.0. The van der Waals surface area contributed by atoms with E-state index in [0.29, 0.717) is 56.7 Å². The molecule has 0 saturated carbocycles. The molecule has 2 aromatic heterocycles. The van der Waals surface area contributed by atoms with Crippen molar-refractivity contribution < 1.29 is 19.1 Å². The van der Waals surface area contributed by atoms with Crippen molar-refractivity contribution in [3.63, 3.8) is 0 Å². The van der Waals surface area contributed by atoms with Crippen molar-refractivity contribution >= 4 is 46.8 Å². The first-order valence-electron chi connectivity index (χ1n) is 14.0. The molecule has 230 valence electrons. The van der Waals surface area contributed by atoms with Crippen LogP contribution in [-0.4, -0.2) is 52.2 Å². The minimum atomic E-state index is -0.716. The number of pyridine rings is 2. The van der Waals surface area contributed by atoms with Gasteiger partial charge in [0.1, 0.15) is 10.8 Å². The van der Waals surface area contributed by atoms with Gasteiger partial charge in [0.05, 0.1) is 28.9 Å². The van der Waals surface area contributed by atoms with Crippen molar-refractivity contribution in [2.75, 3.05) is 13.7 Å². The van der Waals surface area contributed by atoms with Crippen LogP contribution in [0.25, 0.3) is 22.4 Å². The van der Waals surface area contributed by atoms with Gasteiger partial charge in [-0.15, -0.1) is 0 Å². The molecule has 2 atom stereocenters. The van der Waals surface area contributed by atoms with Crippen molar-refractivity contribution in [3.05, 3.63) is 63.4 Å². The van der Waals surface area contributed by atoms with E-state index in [9.17, 15) is 9.59 Å². The zero-order valence-corrected chi connectivity index (χ0v) is 27.7. The number of nitrogens with one attached hydrogen (secondary N) is 1. The van der Waals surface area contributed by atoms with Crippen molar-refractivity contribution in [1.82, 2.24) is 20.2 Å². The summed E-state index contributed by atoms with van der Waals surface area (Å²) in [5.41, 5.74) is 2.08. The van der Waals surface area contributed by atoms with Crippen molar-refractivity contribution in [3.8, 4) is 28.3 Å². The number of halogens is 3. The summed E-state index contributed by atoms with van der Waals surface area (Å²) in [5.74, 6) is 0.312. The van der Waals surface area contributed by atoms with E-state index in [4.69, 9.17) is 49.3 Å². The number of benzene rings is 1. The highest BCUT2D eigenvalue weighted by molar-refractivity contribution is 6.43. The van der Waals surface area contributed by atoms with Gasteiger partial charge in [-0.25, -0.2) is 14.8 Å². The maximum Gasteiger partial charge on any atom is 0.410 e. The molecule has 1 aromatic carbocycles. The number of carbonyl (C=O) groups is 2. The molecule has 11 heteroatoms. The summed E-state index contributed by atoms with van der Waals surface area (Å²) in [6.07, 6.45) is 2.14. The number of ether oxygens (including phenoxy) is 2. The molecule has 1 aliphatic heterocycles. The highest BCUT2D eigenvalue weighted by Gasteiger charge is 2.41. The van der Waals surface area contributed by atoms with E-state index in [1.165, 1.54) is 0 Å². The summed E-state index contributed by atoms with van der Waals surface area (Å²) in [7, 11) is 1.54. The van der Waals surface area contributed by atoms with Gasteiger partial charge in [0.2, 0.25) is 11.8 Å². The lowest BCUT2D eigenvalue weighted by molar-refractivity contribution is -0.119. The minimum absolute atomic E-state index is 0.0283. The molecule has 3 aromatic rings. The van der Waals surface area contributed by atoms with Gasteiger partial charge < -0.3 is 14.8 Å². The molecule has 3 heterocycles. The maximum atomic E-state index is 13.7. The number of carbonyl (C=O) groups excluding carboxylic acids is 2. The lowest BCUT2D eigenvalue weighted by Crippen LogP contribution is -2.49. The Kier molecular flexibility index (Phi) is 9.84. The van der Waals surface area contributed by atoms with Crippen LogP contribution in [-0.2, 0) is 9.53 Å². The first kappa shape index (κ1) is 32.8. The molecule has 1 aliphatic rings. The predicted molar refractivity (Wildman–Crippen MR) is 171 cm³/mol. The Balaban J connectivity index is 1.80. The fourth-order valence-electron chi connectivity index (χ4n) is 5.30. The summed E-state index contributed by atoms with van der Waals surface area (Å²) < 4.78 is 11.7. The maximum absolute atomic E-state index is 13.7. The molecular formula is C32H37Cl3N4O4. The molecule has 1 saturated heterocycles. The van der Waals surface area contributed by atoms with E-state index >= 15 is 0 Å². The topological polar surface area (TPSA) is 93.7 Å². The lowest BCUT2D eigenvalue weighted by atomic mass is 9.81. The molecule has 1 N–H and O–H groups in total. The van der Waals surface area contributed by atoms with Gasteiger partial charge in [-0.05, 0) is 50.8 Å². The Morgan fingerprint density at radius 1 is 1.02 bits per heavy atom. The van der Waals surface area contributed by atoms with E-state index < -0.39 is 23.2 Å². The molecule has 4 rings (SSSR count). The average molecular weight is 648 g/mol. The van der Waals surface area contributed by atoms with Crippen LogP contribution in [0.15, 0.2) is 42.6 Å². The molecule has 8 nitrogen and oxygen atoms in total. The molecule has 2 amide bonds. The van der Waals surface area contributed by atoms with Crippen LogP contribution in [0.4, 0.5) is 4.79 Å². The van der Waals surface area contributed by atoms with E-state index in [0.717, 1.165) is 0 Å². The summed E-state index contributed by atoms with van der Waals surface area (Å²) in [5, 5.41) is 3.91. The molecule has 0 bridgehead atoms. The number of aromatic nitrogens is 2. The third-order valence-electron chi connectivity index (χ3n) is 7.05. The smallest absolute Gasteiger partial charge is 0.410 e. The average Bonchev–Trinajstić information content (AvgIpc) is 3.33. The van der Waals surface area contributed by atoms with Crippen LogP contribution in [0.2, 0.25) is 15.2 Å². The number of rotatable bonds is 7. The molecule has 0 unspecified atom stereocenters. The first-order valence-corrected chi connectivity index (χ1v) is 15.2. The van der Waals surface area contributed by atoms with Gasteiger partial charge in [-0.1, -0.05) is 73.8 Å². The Morgan fingerprint density at radius 3 is 2.30 bits per heavy atom. The lowest BCUT2D eigenvalue weighted by Gasteiger charge is -2.42. The SMILES string of the molecule is COc1nc(-c2cccc(-c3ccnc(Cl)c3Cl)c2Cl)ccc1[C@@H](N(C[C@@H]1CCC(=O)N1)C(=O)OC(C)(C)C)C(C)(C)C. The second-order valence-electron chi connectivity index (χ2n) is 12.6. The zero-order chi connectivity index (χ0) is 31.7. The quantitative estimate of drug-likeness (QED) is 0.259. The number of amides is 2. The number of hydrogen-bond acceptors (Lipinski definition) is 6. The molecule has 43 heavy (non-hydrogen) atoms. The van der Waals surface area contributed by atoms with Gasteiger partial charge in [0, 0.05) is 47.5 Å². The molecule has 0 radical (unpaired) electrons. The summed E-state index contributed by atoms with van der Waals surface area (Å²) in [6, 6.07) is 10.4. The molecule has 0 spiro atoms. The van der Waals surface area contributed by atoms with Gasteiger partial charge in [-0.2, -0.15) is 0 Å². The van der Waals surface area contributed by atoms with E-state index in [1.54, 1.807) is 24.3 Å². The van der Waals surface area contributed by atoms with Gasteiger partial charge >= 0.3 is 6.09 Å². The van der Waals surface area contributed by atoms with Crippen LogP contribution < -0.4 is 10.1 Å². The van der Waals surface area contributed by atoms with Crippen molar-refractivity contribution in [2.45, 2.75) is 72.1 Å². The van der Waals surface area contributed by atoms with E-state index in [1.807, 2.05) is 71.9 Å². The molecule has 0 aliphatic carbocycles. The minimum Gasteiger partial charge on any atom is -0.481 e. The molecule has 1 fully saturated rings. The fraction of sp³-hybridized carbons (Fsp3) is 0.438. The second-order valence-corrected chi connectivity index (χ2v) is 13.7. The summed E-state index contributed by atoms with van der Waals surface area (Å²) in [4.78, 5) is 36.3. The van der Waals surface area contributed by atoms with Gasteiger partial charge in [0.25, 0.3) is 0 Å². The summed E-state index contributed by atoms with van der Waals surface area (Å²) >= 11 is 19.5. The predicted octanol–water partition coefficient (Wildman–Crippen LogP) is 8.38. The van der Waals surface area contributed by atoms with Crippen molar-refractivity contribution in [1.29, 1.82) is 0 Å². The number of nitrogens with zero attached hydrogens (tertiary/aromatic N) is 3. The highest BCUT2D eigenvalue weighted by Crippen LogP contribution is 2.45. The molecular weight excluding hydrogens is 611 g/mol. The third kappa shape index (κ3) is 7.54. The fourth-order valence-corrected chi connectivity index (χ4v) is 5.99. The van der Waals surface area contributed by atoms with Crippen LogP contribution in [0.1, 0.15) is 66.0 Å². The van der Waals surface area contributed by atoms with Gasteiger partial charge in [0.15, 0.2) is 0 Å².